The topological polar surface area (TPSA) is 37.8 Å². The third-order valence-electron chi connectivity index (χ3n) is 3.34. The molecular weight excluding hydrogens is 265 g/mol. The maximum absolute atomic E-state index is 4.49. The molecule has 1 heterocycles. The first-order valence-electron chi connectivity index (χ1n) is 5.81. The Balaban J connectivity index is 1.86. The standard InChI is InChI=1S/C12H15N3Se/c1-8-5-6-9(7-8)13-10-3-2-4-11-12(10)15-16-14-11/h2-4,8-9,13H,5-7H2,1H3. The Morgan fingerprint density at radius 1 is 1.31 bits per heavy atom. The van der Waals surface area contributed by atoms with Crippen molar-refractivity contribution in [1.29, 1.82) is 0 Å². The number of fused-ring (bicyclic) bond motifs is 1. The van der Waals surface area contributed by atoms with E-state index in [0.29, 0.717) is 6.04 Å². The zero-order valence-electron chi connectivity index (χ0n) is 9.31. The number of rotatable bonds is 2. The number of hydrogen-bond acceptors (Lipinski definition) is 3. The fraction of sp³-hybridized carbons (Fsp3) is 0.500. The van der Waals surface area contributed by atoms with Crippen molar-refractivity contribution >= 4 is 31.7 Å². The molecule has 2 unspecified atom stereocenters. The van der Waals surface area contributed by atoms with Crippen LogP contribution in [-0.4, -0.2) is 29.0 Å². The molecule has 84 valence electrons. The Labute approximate surface area is 101 Å². The van der Waals surface area contributed by atoms with E-state index < -0.39 is 0 Å². The van der Waals surface area contributed by atoms with Gasteiger partial charge in [0.2, 0.25) is 0 Å². The minimum absolute atomic E-state index is 0.0725. The second-order valence-corrected chi connectivity index (χ2v) is 5.81. The summed E-state index contributed by atoms with van der Waals surface area (Å²) in [6, 6.07) is 6.88. The molecule has 1 aromatic carbocycles. The molecule has 2 atom stereocenters. The van der Waals surface area contributed by atoms with Gasteiger partial charge in [0, 0.05) is 0 Å². The zero-order valence-corrected chi connectivity index (χ0v) is 11.0. The molecule has 1 fully saturated rings. The summed E-state index contributed by atoms with van der Waals surface area (Å²) in [5.74, 6) is 0.861. The molecule has 1 aliphatic rings. The molecular formula is C12H15N3Se. The predicted octanol–water partition coefficient (Wildman–Crippen LogP) is 2.29. The first kappa shape index (κ1) is 10.3. The molecule has 0 aliphatic heterocycles. The normalized spacial score (nSPS) is 25.1. The minimum atomic E-state index is 0.0725. The average molecular weight is 280 g/mol. The van der Waals surface area contributed by atoms with Crippen molar-refractivity contribution in [2.45, 2.75) is 32.2 Å². The molecule has 1 aromatic heterocycles. The van der Waals surface area contributed by atoms with Crippen LogP contribution < -0.4 is 5.32 Å². The monoisotopic (exact) mass is 281 g/mol. The SMILES string of the molecule is CC1CCC(Nc2cccc3n[se]nc23)C1. The van der Waals surface area contributed by atoms with Gasteiger partial charge in [0.1, 0.15) is 0 Å². The van der Waals surface area contributed by atoms with Gasteiger partial charge in [-0.1, -0.05) is 0 Å². The third-order valence-corrected chi connectivity index (χ3v) is 4.48. The molecule has 0 saturated heterocycles. The van der Waals surface area contributed by atoms with E-state index in [9.17, 15) is 0 Å². The molecule has 3 rings (SSSR count). The van der Waals surface area contributed by atoms with Crippen molar-refractivity contribution in [2.75, 3.05) is 5.32 Å². The van der Waals surface area contributed by atoms with E-state index in [1.54, 1.807) is 0 Å². The van der Waals surface area contributed by atoms with E-state index >= 15 is 0 Å². The van der Waals surface area contributed by atoms with Crippen LogP contribution in [0.15, 0.2) is 18.2 Å². The molecule has 4 heteroatoms. The number of hydrogen-bond donors (Lipinski definition) is 1. The van der Waals surface area contributed by atoms with Crippen LogP contribution in [-0.2, 0) is 0 Å². The molecule has 2 aromatic rings. The van der Waals surface area contributed by atoms with Gasteiger partial charge in [-0.2, -0.15) is 0 Å². The van der Waals surface area contributed by atoms with Gasteiger partial charge in [-0.25, -0.2) is 0 Å². The Hall–Kier alpha value is -0.861. The Kier molecular flexibility index (Phi) is 2.70. The van der Waals surface area contributed by atoms with E-state index in [0.717, 1.165) is 17.0 Å². The van der Waals surface area contributed by atoms with Crippen LogP contribution in [0.25, 0.3) is 11.0 Å². The van der Waals surface area contributed by atoms with Crippen molar-refractivity contribution in [3.8, 4) is 0 Å². The van der Waals surface area contributed by atoms with Crippen LogP contribution in [0.2, 0.25) is 0 Å². The molecule has 0 amide bonds. The molecule has 3 nitrogen and oxygen atoms in total. The molecule has 1 N–H and O–H groups in total. The number of nitrogens with zero attached hydrogens (tertiary/aromatic N) is 2. The Bertz CT molecular complexity index is 494. The van der Waals surface area contributed by atoms with Crippen LogP contribution in [0.5, 0.6) is 0 Å². The van der Waals surface area contributed by atoms with E-state index in [1.807, 2.05) is 0 Å². The molecule has 1 aliphatic carbocycles. The van der Waals surface area contributed by atoms with Gasteiger partial charge in [0.25, 0.3) is 0 Å². The zero-order chi connectivity index (χ0) is 11.0. The first-order valence-corrected chi connectivity index (χ1v) is 7.34. The van der Waals surface area contributed by atoms with Gasteiger partial charge in [-0.05, 0) is 0 Å². The van der Waals surface area contributed by atoms with Crippen molar-refractivity contribution in [1.82, 2.24) is 7.96 Å². The van der Waals surface area contributed by atoms with Crippen LogP contribution >= 0.6 is 0 Å². The predicted molar refractivity (Wildman–Crippen MR) is 66.9 cm³/mol. The molecule has 0 bridgehead atoms. The van der Waals surface area contributed by atoms with Gasteiger partial charge in [-0.15, -0.1) is 0 Å². The summed E-state index contributed by atoms with van der Waals surface area (Å²) in [5.41, 5.74) is 3.33. The Morgan fingerprint density at radius 3 is 3.06 bits per heavy atom. The average Bonchev–Trinajstić information content (AvgIpc) is 2.87. The summed E-state index contributed by atoms with van der Waals surface area (Å²) in [6.07, 6.45) is 3.91. The van der Waals surface area contributed by atoms with Crippen LogP contribution in [0.1, 0.15) is 26.2 Å². The van der Waals surface area contributed by atoms with E-state index in [2.05, 4.69) is 38.4 Å². The van der Waals surface area contributed by atoms with Gasteiger partial charge in [0.15, 0.2) is 0 Å². The van der Waals surface area contributed by atoms with Gasteiger partial charge in [0.05, 0.1) is 0 Å². The van der Waals surface area contributed by atoms with Crippen molar-refractivity contribution in [2.24, 2.45) is 5.92 Å². The van der Waals surface area contributed by atoms with Gasteiger partial charge in [-0.3, -0.25) is 0 Å². The van der Waals surface area contributed by atoms with Gasteiger partial charge < -0.3 is 0 Å². The first-order chi connectivity index (χ1) is 7.83. The summed E-state index contributed by atoms with van der Waals surface area (Å²) in [5, 5.41) is 3.63. The quantitative estimate of drug-likeness (QED) is 0.858. The molecule has 0 radical (unpaired) electrons. The maximum atomic E-state index is 4.49. The summed E-state index contributed by atoms with van der Waals surface area (Å²) in [7, 11) is 0. The van der Waals surface area contributed by atoms with Gasteiger partial charge >= 0.3 is 101 Å². The third kappa shape index (κ3) is 1.87. The second kappa shape index (κ2) is 4.19. The number of nitrogens with one attached hydrogen (secondary N) is 1. The number of aromatic nitrogens is 2. The summed E-state index contributed by atoms with van der Waals surface area (Å²) < 4.78 is 8.90. The fourth-order valence-corrected chi connectivity index (χ4v) is 3.63. The second-order valence-electron chi connectivity index (χ2n) is 4.70. The summed E-state index contributed by atoms with van der Waals surface area (Å²) >= 11 is 0.0725. The van der Waals surface area contributed by atoms with E-state index in [4.69, 9.17) is 0 Å². The molecule has 1 saturated carbocycles. The van der Waals surface area contributed by atoms with Crippen molar-refractivity contribution < 1.29 is 0 Å². The van der Waals surface area contributed by atoms with Crippen LogP contribution in [0.4, 0.5) is 5.69 Å². The van der Waals surface area contributed by atoms with Crippen LogP contribution in [0, 0.1) is 5.92 Å². The van der Waals surface area contributed by atoms with E-state index in [1.165, 1.54) is 24.9 Å². The molecule has 16 heavy (non-hydrogen) atoms. The molecule has 0 spiro atoms. The summed E-state index contributed by atoms with van der Waals surface area (Å²) in [4.78, 5) is 0. The fourth-order valence-electron chi connectivity index (χ4n) is 2.48. The van der Waals surface area contributed by atoms with E-state index in [-0.39, 0.29) is 15.0 Å². The number of benzene rings is 1. The van der Waals surface area contributed by atoms with Crippen molar-refractivity contribution in [3.05, 3.63) is 18.2 Å². The van der Waals surface area contributed by atoms with Crippen LogP contribution in [0.3, 0.4) is 0 Å². The number of anilines is 1. The Morgan fingerprint density at radius 2 is 2.25 bits per heavy atom. The summed E-state index contributed by atoms with van der Waals surface area (Å²) in [6.45, 7) is 2.33. The van der Waals surface area contributed by atoms with Crippen molar-refractivity contribution in [3.63, 3.8) is 0 Å².